The summed E-state index contributed by atoms with van der Waals surface area (Å²) < 4.78 is 13.5. The average Bonchev–Trinajstić information content (AvgIpc) is 2.21. The van der Waals surface area contributed by atoms with E-state index in [4.69, 9.17) is 11.6 Å². The maximum Gasteiger partial charge on any atom is 0.194 e. The third-order valence-corrected chi connectivity index (χ3v) is 2.99. The summed E-state index contributed by atoms with van der Waals surface area (Å²) in [7, 11) is 0. The van der Waals surface area contributed by atoms with E-state index in [1.807, 2.05) is 19.9 Å². The van der Waals surface area contributed by atoms with E-state index in [0.717, 1.165) is 23.1 Å². The van der Waals surface area contributed by atoms with Crippen molar-refractivity contribution in [3.63, 3.8) is 0 Å². The smallest absolute Gasteiger partial charge is 0.194 e. The van der Waals surface area contributed by atoms with Gasteiger partial charge in [-0.1, -0.05) is 11.6 Å². The average molecular weight is 270 g/mol. The van der Waals surface area contributed by atoms with Crippen molar-refractivity contribution >= 4 is 23.4 Å². The van der Waals surface area contributed by atoms with Crippen molar-refractivity contribution in [2.75, 3.05) is 0 Å². The van der Waals surface area contributed by atoms with Crippen LogP contribution in [0.25, 0.3) is 0 Å². The molecule has 2 aromatic rings. The van der Waals surface area contributed by atoms with Gasteiger partial charge in [-0.3, -0.25) is 0 Å². The van der Waals surface area contributed by atoms with E-state index in [2.05, 4.69) is 15.0 Å². The summed E-state index contributed by atoms with van der Waals surface area (Å²) in [6.07, 6.45) is 1.40. The van der Waals surface area contributed by atoms with Crippen molar-refractivity contribution in [3.05, 3.63) is 40.6 Å². The highest BCUT2D eigenvalue weighted by Gasteiger charge is 2.09. The van der Waals surface area contributed by atoms with Crippen molar-refractivity contribution in [1.29, 1.82) is 0 Å². The molecular weight excluding hydrogens is 261 g/mol. The Hall–Kier alpha value is -1.20. The van der Waals surface area contributed by atoms with Crippen molar-refractivity contribution in [3.8, 4) is 0 Å². The minimum atomic E-state index is -0.467. The SMILES string of the molecule is Cc1cc(C)nc(Sc2ncc(Cl)cc2F)n1. The van der Waals surface area contributed by atoms with Gasteiger partial charge in [0.2, 0.25) is 0 Å². The first kappa shape index (κ1) is 12.3. The Labute approximate surface area is 107 Å². The van der Waals surface area contributed by atoms with Crippen molar-refractivity contribution < 1.29 is 4.39 Å². The fourth-order valence-electron chi connectivity index (χ4n) is 1.30. The van der Waals surface area contributed by atoms with Crippen LogP contribution >= 0.6 is 23.4 Å². The van der Waals surface area contributed by atoms with Crippen LogP contribution in [0, 0.1) is 19.7 Å². The molecule has 0 unspecified atom stereocenters. The van der Waals surface area contributed by atoms with Gasteiger partial charge in [-0.05, 0) is 37.7 Å². The molecule has 0 atom stereocenters. The molecule has 0 saturated heterocycles. The summed E-state index contributed by atoms with van der Waals surface area (Å²) in [4.78, 5) is 12.3. The molecule has 0 aliphatic carbocycles. The number of aromatic nitrogens is 3. The lowest BCUT2D eigenvalue weighted by Crippen LogP contribution is -1.94. The maximum atomic E-state index is 13.5. The zero-order valence-electron chi connectivity index (χ0n) is 9.24. The number of aryl methyl sites for hydroxylation is 2. The number of rotatable bonds is 2. The Balaban J connectivity index is 2.31. The first-order valence-corrected chi connectivity index (χ1v) is 6.05. The Morgan fingerprint density at radius 3 is 2.41 bits per heavy atom. The quantitative estimate of drug-likeness (QED) is 0.783. The Bertz CT molecular complexity index is 542. The van der Waals surface area contributed by atoms with Crippen LogP contribution in [0.4, 0.5) is 4.39 Å². The molecule has 0 bridgehead atoms. The van der Waals surface area contributed by atoms with Gasteiger partial charge in [0.05, 0.1) is 5.02 Å². The van der Waals surface area contributed by atoms with Crippen LogP contribution in [0.1, 0.15) is 11.4 Å². The third kappa shape index (κ3) is 3.14. The molecule has 0 aliphatic rings. The first-order valence-electron chi connectivity index (χ1n) is 4.86. The lowest BCUT2D eigenvalue weighted by atomic mass is 10.4. The van der Waals surface area contributed by atoms with Gasteiger partial charge in [-0.2, -0.15) is 0 Å². The molecule has 0 saturated carbocycles. The molecule has 17 heavy (non-hydrogen) atoms. The number of halogens is 2. The van der Waals surface area contributed by atoms with E-state index in [9.17, 15) is 4.39 Å². The molecule has 3 nitrogen and oxygen atoms in total. The maximum absolute atomic E-state index is 13.5. The predicted octanol–water partition coefficient (Wildman–Crippen LogP) is 3.43. The molecule has 0 spiro atoms. The lowest BCUT2D eigenvalue weighted by Gasteiger charge is -2.03. The number of nitrogens with zero attached hydrogens (tertiary/aromatic N) is 3. The second kappa shape index (κ2) is 4.98. The van der Waals surface area contributed by atoms with Crippen LogP contribution in [-0.2, 0) is 0 Å². The van der Waals surface area contributed by atoms with Gasteiger partial charge in [0.25, 0.3) is 0 Å². The van der Waals surface area contributed by atoms with Crippen LogP contribution in [0.15, 0.2) is 28.5 Å². The lowest BCUT2D eigenvalue weighted by molar-refractivity contribution is 0.587. The minimum absolute atomic E-state index is 0.222. The predicted molar refractivity (Wildman–Crippen MR) is 64.8 cm³/mol. The van der Waals surface area contributed by atoms with E-state index in [1.165, 1.54) is 12.3 Å². The minimum Gasteiger partial charge on any atom is -0.245 e. The van der Waals surface area contributed by atoms with Crippen molar-refractivity contribution in [2.24, 2.45) is 0 Å². The fraction of sp³-hybridized carbons (Fsp3) is 0.182. The highest BCUT2D eigenvalue weighted by molar-refractivity contribution is 7.99. The van der Waals surface area contributed by atoms with Gasteiger partial charge in [0.15, 0.2) is 11.0 Å². The summed E-state index contributed by atoms with van der Waals surface area (Å²) in [5, 5.41) is 0.976. The van der Waals surface area contributed by atoms with E-state index < -0.39 is 5.82 Å². The van der Waals surface area contributed by atoms with Crippen LogP contribution < -0.4 is 0 Å². The molecule has 0 radical (unpaired) electrons. The zero-order chi connectivity index (χ0) is 12.4. The second-order valence-electron chi connectivity index (χ2n) is 3.48. The van der Waals surface area contributed by atoms with E-state index in [0.29, 0.717) is 5.16 Å². The van der Waals surface area contributed by atoms with Crippen molar-refractivity contribution in [2.45, 2.75) is 24.0 Å². The molecule has 2 rings (SSSR count). The summed E-state index contributed by atoms with van der Waals surface area (Å²) >= 11 is 6.71. The summed E-state index contributed by atoms with van der Waals surface area (Å²) in [6.45, 7) is 3.73. The zero-order valence-corrected chi connectivity index (χ0v) is 10.8. The Morgan fingerprint density at radius 2 is 1.82 bits per heavy atom. The molecular formula is C11H9ClFN3S. The van der Waals surface area contributed by atoms with Crippen LogP contribution in [0.3, 0.4) is 0 Å². The highest BCUT2D eigenvalue weighted by atomic mass is 35.5. The van der Waals surface area contributed by atoms with Gasteiger partial charge in [-0.15, -0.1) is 0 Å². The standard InChI is InChI=1S/C11H9ClFN3S/c1-6-3-7(2)16-11(15-6)17-10-9(13)4-8(12)5-14-10/h3-5H,1-2H3. The van der Waals surface area contributed by atoms with Crippen LogP contribution in [-0.4, -0.2) is 15.0 Å². The molecule has 0 fully saturated rings. The van der Waals surface area contributed by atoms with E-state index in [-0.39, 0.29) is 10.0 Å². The second-order valence-corrected chi connectivity index (χ2v) is 4.87. The normalized spacial score (nSPS) is 10.6. The molecule has 6 heteroatoms. The fourth-order valence-corrected chi connectivity index (χ4v) is 2.26. The molecule has 0 aliphatic heterocycles. The van der Waals surface area contributed by atoms with Crippen LogP contribution in [0.5, 0.6) is 0 Å². The third-order valence-electron chi connectivity index (χ3n) is 1.92. The Kier molecular flexibility index (Phi) is 3.59. The first-order chi connectivity index (χ1) is 8.04. The Morgan fingerprint density at radius 1 is 1.18 bits per heavy atom. The molecule has 88 valence electrons. The summed E-state index contributed by atoms with van der Waals surface area (Å²) in [5.41, 5.74) is 1.68. The van der Waals surface area contributed by atoms with Gasteiger partial charge in [0.1, 0.15) is 5.03 Å². The summed E-state index contributed by atoms with van der Waals surface area (Å²) in [6, 6.07) is 3.08. The van der Waals surface area contributed by atoms with Gasteiger partial charge >= 0.3 is 0 Å². The number of hydrogen-bond acceptors (Lipinski definition) is 4. The molecule has 2 aromatic heterocycles. The van der Waals surface area contributed by atoms with Crippen LogP contribution in [0.2, 0.25) is 5.02 Å². The number of pyridine rings is 1. The summed E-state index contributed by atoms with van der Waals surface area (Å²) in [5.74, 6) is -0.467. The van der Waals surface area contributed by atoms with E-state index >= 15 is 0 Å². The number of hydrogen-bond donors (Lipinski definition) is 0. The topological polar surface area (TPSA) is 38.7 Å². The highest BCUT2D eigenvalue weighted by Crippen LogP contribution is 2.26. The van der Waals surface area contributed by atoms with Gasteiger partial charge < -0.3 is 0 Å². The monoisotopic (exact) mass is 269 g/mol. The van der Waals surface area contributed by atoms with Crippen molar-refractivity contribution in [1.82, 2.24) is 15.0 Å². The van der Waals surface area contributed by atoms with E-state index in [1.54, 1.807) is 0 Å². The van der Waals surface area contributed by atoms with Gasteiger partial charge in [-0.25, -0.2) is 19.3 Å². The molecule has 0 amide bonds. The molecule has 0 aromatic carbocycles. The largest absolute Gasteiger partial charge is 0.245 e. The molecule has 2 heterocycles. The van der Waals surface area contributed by atoms with Gasteiger partial charge in [0, 0.05) is 17.6 Å². The molecule has 0 N–H and O–H groups in total.